The number of rotatable bonds is 0. The fourth-order valence-electron chi connectivity index (χ4n) is 0. The Balaban J connectivity index is -0.0000000150. The number of hydrogen-bond acceptors (Lipinski definition) is 1. The first kappa shape index (κ1) is 23.8. The molecule has 2 nitrogen and oxygen atoms in total. The van der Waals surface area contributed by atoms with Crippen LogP contribution in [0.1, 0.15) is 13.8 Å². The summed E-state index contributed by atoms with van der Waals surface area (Å²) >= 11 is 0. The summed E-state index contributed by atoms with van der Waals surface area (Å²) in [5.74, 6) is 0.167. The zero-order valence-corrected chi connectivity index (χ0v) is 5.47. The van der Waals surface area contributed by atoms with Crippen molar-refractivity contribution in [3.05, 3.63) is 0 Å². The molecule has 0 aliphatic heterocycles. The minimum atomic E-state index is 0. The molecule has 0 bridgehead atoms. The summed E-state index contributed by atoms with van der Waals surface area (Å²) in [6, 6.07) is 0. The molecule has 0 unspecified atom stereocenters. The fraction of sp³-hybridized carbons (Fsp3) is 0.667. The summed E-state index contributed by atoms with van der Waals surface area (Å²) in [6.07, 6.45) is 0. The Bertz CT molecular complexity index is 35.9. The monoisotopic (exact) mass is 148 g/mol. The summed E-state index contributed by atoms with van der Waals surface area (Å²) in [5.41, 5.74) is 0. The van der Waals surface area contributed by atoms with Crippen molar-refractivity contribution in [3.63, 3.8) is 0 Å². The minimum absolute atomic E-state index is 0. The third-order valence-electron chi connectivity index (χ3n) is 0. The van der Waals surface area contributed by atoms with Crippen LogP contribution in [0.3, 0.4) is 0 Å². The third-order valence-corrected chi connectivity index (χ3v) is 0. The van der Waals surface area contributed by atoms with Crippen LogP contribution in [-0.4, -0.2) is 40.8 Å². The van der Waals surface area contributed by atoms with Crippen LogP contribution >= 0.6 is 0 Å². The van der Waals surface area contributed by atoms with Crippen LogP contribution in [0.5, 0.6) is 0 Å². The van der Waals surface area contributed by atoms with Crippen molar-refractivity contribution >= 4 is 35.3 Å². The Morgan fingerprint density at radius 3 is 1.29 bits per heavy atom. The van der Waals surface area contributed by atoms with E-state index < -0.39 is 0 Å². The SMILES string of the molecule is CC(C)=O.O.[NaH].[Ti]. The van der Waals surface area contributed by atoms with Gasteiger partial charge in [0.15, 0.2) is 0 Å². The van der Waals surface area contributed by atoms with Gasteiger partial charge < -0.3 is 10.3 Å². The van der Waals surface area contributed by atoms with Crippen LogP contribution in [0.2, 0.25) is 0 Å². The zero-order chi connectivity index (χ0) is 3.58. The van der Waals surface area contributed by atoms with Gasteiger partial charge in [0.2, 0.25) is 0 Å². The molecule has 0 aromatic rings. The molecule has 4 heteroatoms. The standard InChI is InChI=1S/C3H6O.Na.H2O.Ti.H/c1-3(2)4;;;;/h1-2H3;;1H2;;. The smallest absolute Gasteiger partial charge is 0 e. The zero-order valence-electron chi connectivity index (χ0n) is 3.91. The Kier molecular flexibility index (Phi) is 53.4. The van der Waals surface area contributed by atoms with Gasteiger partial charge in [0.05, 0.1) is 0 Å². The molecule has 38 valence electrons. The van der Waals surface area contributed by atoms with Crippen LogP contribution < -0.4 is 0 Å². The van der Waals surface area contributed by atoms with Crippen LogP contribution in [0.15, 0.2) is 0 Å². The van der Waals surface area contributed by atoms with E-state index in [2.05, 4.69) is 0 Å². The van der Waals surface area contributed by atoms with Gasteiger partial charge in [0.25, 0.3) is 0 Å². The normalized spacial score (nSPS) is 3.71. The summed E-state index contributed by atoms with van der Waals surface area (Å²) in [4.78, 5) is 9.44. The quantitative estimate of drug-likeness (QED) is 0.411. The van der Waals surface area contributed by atoms with Crippen molar-refractivity contribution in [2.75, 3.05) is 0 Å². The Hall–Kier alpha value is 1.34. The maximum Gasteiger partial charge on any atom is 0 e. The van der Waals surface area contributed by atoms with Crippen molar-refractivity contribution in [3.8, 4) is 0 Å². The molecule has 7 heavy (non-hydrogen) atoms. The number of hydrogen-bond donors (Lipinski definition) is 0. The average molecular weight is 148 g/mol. The number of ketones is 1. The van der Waals surface area contributed by atoms with Crippen molar-refractivity contribution in [2.24, 2.45) is 0 Å². The first-order chi connectivity index (χ1) is 1.73. The second-order valence-electron chi connectivity index (χ2n) is 0.908. The number of carbonyl (C=O) groups excluding carboxylic acids is 1. The summed E-state index contributed by atoms with van der Waals surface area (Å²) in [5, 5.41) is 0. The second-order valence-corrected chi connectivity index (χ2v) is 0.908. The van der Waals surface area contributed by atoms with E-state index in [-0.39, 0.29) is 62.5 Å². The van der Waals surface area contributed by atoms with Gasteiger partial charge in [0, 0.05) is 21.7 Å². The molecule has 0 saturated carbocycles. The molecule has 0 aliphatic carbocycles. The molecule has 0 heterocycles. The van der Waals surface area contributed by atoms with E-state index in [1.54, 1.807) is 0 Å². The molecule has 0 atom stereocenters. The largest absolute Gasteiger partial charge is 0 e. The predicted octanol–water partition coefficient (Wildman–Crippen LogP) is -0.880. The first-order valence-electron chi connectivity index (χ1n) is 1.20. The molecular weight excluding hydrogens is 139 g/mol. The molecular formula is C3H9NaO2Ti. The molecule has 0 aromatic heterocycles. The molecule has 0 saturated heterocycles. The average Bonchev–Trinajstić information content (AvgIpc) is 0.811. The molecule has 0 fully saturated rings. The molecule has 0 aromatic carbocycles. The second kappa shape index (κ2) is 15.7. The topological polar surface area (TPSA) is 48.6 Å². The van der Waals surface area contributed by atoms with E-state index in [0.717, 1.165) is 0 Å². The fourth-order valence-corrected chi connectivity index (χ4v) is 0. The maximum atomic E-state index is 9.44. The van der Waals surface area contributed by atoms with Crippen molar-refractivity contribution in [2.45, 2.75) is 13.8 Å². The van der Waals surface area contributed by atoms with Gasteiger partial charge >= 0.3 is 29.6 Å². The van der Waals surface area contributed by atoms with E-state index in [4.69, 9.17) is 0 Å². The van der Waals surface area contributed by atoms with E-state index in [0.29, 0.717) is 0 Å². The van der Waals surface area contributed by atoms with Crippen LogP contribution in [0.4, 0.5) is 0 Å². The van der Waals surface area contributed by atoms with Crippen molar-refractivity contribution < 1.29 is 32.0 Å². The minimum Gasteiger partial charge on any atom is 0 e. The Labute approximate surface area is 80.5 Å². The van der Waals surface area contributed by atoms with Crippen molar-refractivity contribution in [1.82, 2.24) is 0 Å². The number of carbonyl (C=O) groups is 1. The molecule has 0 aliphatic rings. The van der Waals surface area contributed by atoms with E-state index in [9.17, 15) is 4.79 Å². The van der Waals surface area contributed by atoms with Gasteiger partial charge in [-0.2, -0.15) is 0 Å². The molecule has 2 N–H and O–H groups in total. The van der Waals surface area contributed by atoms with Crippen LogP contribution in [-0.2, 0) is 26.5 Å². The van der Waals surface area contributed by atoms with Crippen LogP contribution in [0, 0.1) is 0 Å². The molecule has 0 radical (unpaired) electrons. The summed E-state index contributed by atoms with van der Waals surface area (Å²) < 4.78 is 0. The van der Waals surface area contributed by atoms with Gasteiger partial charge in [-0.25, -0.2) is 0 Å². The maximum absolute atomic E-state index is 9.44. The van der Waals surface area contributed by atoms with E-state index in [1.165, 1.54) is 13.8 Å². The van der Waals surface area contributed by atoms with Gasteiger partial charge in [-0.1, -0.05) is 0 Å². The summed E-state index contributed by atoms with van der Waals surface area (Å²) in [6.45, 7) is 3.06. The van der Waals surface area contributed by atoms with E-state index >= 15 is 0 Å². The molecule has 0 rings (SSSR count). The Morgan fingerprint density at radius 2 is 1.29 bits per heavy atom. The first-order valence-corrected chi connectivity index (χ1v) is 1.20. The molecule has 0 spiro atoms. The predicted molar refractivity (Wildman–Crippen MR) is 27.1 cm³/mol. The third kappa shape index (κ3) is 116. The Morgan fingerprint density at radius 1 is 1.29 bits per heavy atom. The number of Topliss-reactive ketones (excluding diaryl/α,β-unsaturated/α-hetero) is 1. The van der Waals surface area contributed by atoms with Gasteiger partial charge in [-0.05, 0) is 13.8 Å². The van der Waals surface area contributed by atoms with Gasteiger partial charge in [0.1, 0.15) is 5.78 Å². The van der Waals surface area contributed by atoms with Crippen molar-refractivity contribution in [1.29, 1.82) is 0 Å². The summed E-state index contributed by atoms with van der Waals surface area (Å²) in [7, 11) is 0. The van der Waals surface area contributed by atoms with E-state index in [1.807, 2.05) is 0 Å². The molecule has 0 amide bonds. The van der Waals surface area contributed by atoms with Crippen LogP contribution in [0.25, 0.3) is 0 Å². The van der Waals surface area contributed by atoms with Gasteiger partial charge in [-0.15, -0.1) is 0 Å². The van der Waals surface area contributed by atoms with Gasteiger partial charge in [-0.3, -0.25) is 0 Å².